The van der Waals surface area contributed by atoms with Crippen molar-refractivity contribution >= 4 is 28.8 Å². The van der Waals surface area contributed by atoms with Gasteiger partial charge in [-0.25, -0.2) is 0 Å². The molecule has 1 aromatic carbocycles. The van der Waals surface area contributed by atoms with Gasteiger partial charge in [0, 0.05) is 13.1 Å². The number of thioether (sulfide) groups is 1. The predicted octanol–water partition coefficient (Wildman–Crippen LogP) is 2.10. The van der Waals surface area contributed by atoms with Crippen molar-refractivity contribution in [3.05, 3.63) is 29.8 Å². The maximum Gasteiger partial charge on any atom is 0.289 e. The SMILES string of the molecule is CC(C)c1ccc(OCC(=O)N2CC(N3C(=O)CSC3=O)C2)cc1. The van der Waals surface area contributed by atoms with E-state index in [-0.39, 0.29) is 35.5 Å². The maximum atomic E-state index is 12.1. The minimum Gasteiger partial charge on any atom is -0.484 e. The Labute approximate surface area is 145 Å². The van der Waals surface area contributed by atoms with Crippen LogP contribution < -0.4 is 4.74 Å². The molecule has 7 heteroatoms. The van der Waals surface area contributed by atoms with Gasteiger partial charge in [-0.15, -0.1) is 0 Å². The molecule has 2 aliphatic heterocycles. The van der Waals surface area contributed by atoms with Crippen molar-refractivity contribution in [1.82, 2.24) is 9.80 Å². The standard InChI is InChI=1S/C17H20N2O4S/c1-11(2)12-3-5-14(6-4-12)23-9-15(20)18-7-13(8-18)19-16(21)10-24-17(19)22/h3-6,11,13H,7-10H2,1-2H3. The number of imide groups is 1. The first-order valence-corrected chi connectivity index (χ1v) is 8.93. The van der Waals surface area contributed by atoms with Crippen LogP contribution in [0.15, 0.2) is 24.3 Å². The zero-order chi connectivity index (χ0) is 17.3. The highest BCUT2D eigenvalue weighted by Gasteiger charge is 2.43. The average Bonchev–Trinajstić information content (AvgIpc) is 2.84. The summed E-state index contributed by atoms with van der Waals surface area (Å²) in [5.74, 6) is 1.02. The van der Waals surface area contributed by atoms with Crippen molar-refractivity contribution in [2.45, 2.75) is 25.8 Å². The van der Waals surface area contributed by atoms with Gasteiger partial charge in [0.05, 0.1) is 11.8 Å². The number of rotatable bonds is 5. The molecule has 0 N–H and O–H groups in total. The number of likely N-dealkylation sites (tertiary alicyclic amines) is 1. The molecule has 2 fully saturated rings. The first-order chi connectivity index (χ1) is 11.5. The second-order valence-electron chi connectivity index (χ2n) is 6.28. The van der Waals surface area contributed by atoms with Gasteiger partial charge in [0.15, 0.2) is 6.61 Å². The van der Waals surface area contributed by atoms with E-state index in [1.54, 1.807) is 4.90 Å². The summed E-state index contributed by atoms with van der Waals surface area (Å²) in [6.45, 7) is 4.99. The largest absolute Gasteiger partial charge is 0.484 e. The number of nitrogens with zero attached hydrogens (tertiary/aromatic N) is 2. The molecule has 0 radical (unpaired) electrons. The van der Waals surface area contributed by atoms with Crippen LogP contribution in [0.3, 0.4) is 0 Å². The van der Waals surface area contributed by atoms with E-state index in [0.29, 0.717) is 24.8 Å². The molecule has 0 unspecified atom stereocenters. The molecule has 24 heavy (non-hydrogen) atoms. The van der Waals surface area contributed by atoms with Gasteiger partial charge in [-0.05, 0) is 23.6 Å². The summed E-state index contributed by atoms with van der Waals surface area (Å²) in [5.41, 5.74) is 1.22. The Hall–Kier alpha value is -2.02. The third-order valence-electron chi connectivity index (χ3n) is 4.27. The molecule has 2 saturated heterocycles. The molecule has 3 amide bonds. The van der Waals surface area contributed by atoms with Gasteiger partial charge in [-0.1, -0.05) is 37.7 Å². The molecular weight excluding hydrogens is 328 g/mol. The highest BCUT2D eigenvalue weighted by molar-refractivity contribution is 8.14. The molecule has 0 atom stereocenters. The Kier molecular flexibility index (Phi) is 4.80. The number of hydrogen-bond donors (Lipinski definition) is 0. The van der Waals surface area contributed by atoms with Crippen LogP contribution in [0, 0.1) is 0 Å². The lowest BCUT2D eigenvalue weighted by Gasteiger charge is -2.42. The van der Waals surface area contributed by atoms with Crippen molar-refractivity contribution < 1.29 is 19.1 Å². The van der Waals surface area contributed by atoms with E-state index in [4.69, 9.17) is 4.74 Å². The quantitative estimate of drug-likeness (QED) is 0.815. The lowest BCUT2D eigenvalue weighted by molar-refractivity contribution is -0.143. The first kappa shape index (κ1) is 16.8. The van der Waals surface area contributed by atoms with Gasteiger partial charge in [0.2, 0.25) is 5.91 Å². The Bertz CT molecular complexity index is 637. The van der Waals surface area contributed by atoms with Crippen molar-refractivity contribution in [3.63, 3.8) is 0 Å². The van der Waals surface area contributed by atoms with E-state index in [0.717, 1.165) is 11.8 Å². The van der Waals surface area contributed by atoms with Crippen molar-refractivity contribution in [3.8, 4) is 5.75 Å². The van der Waals surface area contributed by atoms with Gasteiger partial charge >= 0.3 is 0 Å². The van der Waals surface area contributed by atoms with Crippen LogP contribution in [-0.4, -0.2) is 58.3 Å². The minimum atomic E-state index is -0.210. The Morgan fingerprint density at radius 2 is 1.92 bits per heavy atom. The van der Waals surface area contributed by atoms with E-state index in [2.05, 4.69) is 13.8 Å². The fourth-order valence-corrected chi connectivity index (χ4v) is 3.50. The van der Waals surface area contributed by atoms with E-state index in [9.17, 15) is 14.4 Å². The summed E-state index contributed by atoms with van der Waals surface area (Å²) >= 11 is 1.02. The number of hydrogen-bond acceptors (Lipinski definition) is 5. The molecular formula is C17H20N2O4S. The van der Waals surface area contributed by atoms with Crippen LogP contribution in [0.2, 0.25) is 0 Å². The summed E-state index contributed by atoms with van der Waals surface area (Å²) in [5, 5.41) is -0.210. The monoisotopic (exact) mass is 348 g/mol. The summed E-state index contributed by atoms with van der Waals surface area (Å²) in [6, 6.07) is 7.52. The molecule has 0 bridgehead atoms. The molecule has 0 aliphatic carbocycles. The molecule has 2 heterocycles. The van der Waals surface area contributed by atoms with Crippen molar-refractivity contribution in [2.75, 3.05) is 25.4 Å². The molecule has 2 aliphatic rings. The summed E-state index contributed by atoms with van der Waals surface area (Å²) in [6.07, 6.45) is 0. The average molecular weight is 348 g/mol. The lowest BCUT2D eigenvalue weighted by Crippen LogP contribution is -2.62. The van der Waals surface area contributed by atoms with Gasteiger partial charge in [0.25, 0.3) is 11.1 Å². The van der Waals surface area contributed by atoms with Crippen LogP contribution in [0.4, 0.5) is 4.79 Å². The van der Waals surface area contributed by atoms with Crippen LogP contribution in [0.1, 0.15) is 25.3 Å². The fourth-order valence-electron chi connectivity index (χ4n) is 2.72. The van der Waals surface area contributed by atoms with Crippen LogP contribution >= 0.6 is 11.8 Å². The minimum absolute atomic E-state index is 0.0373. The Morgan fingerprint density at radius 3 is 2.46 bits per heavy atom. The topological polar surface area (TPSA) is 66.9 Å². The van der Waals surface area contributed by atoms with Crippen LogP contribution in [0.5, 0.6) is 5.75 Å². The second kappa shape index (κ2) is 6.84. The van der Waals surface area contributed by atoms with Crippen LogP contribution in [-0.2, 0) is 9.59 Å². The molecule has 0 spiro atoms. The van der Waals surface area contributed by atoms with Gasteiger partial charge in [0.1, 0.15) is 5.75 Å². The molecule has 0 saturated carbocycles. The first-order valence-electron chi connectivity index (χ1n) is 7.95. The Balaban J connectivity index is 1.45. The third kappa shape index (κ3) is 3.40. The fraction of sp³-hybridized carbons (Fsp3) is 0.471. The molecule has 6 nitrogen and oxygen atoms in total. The van der Waals surface area contributed by atoms with Gasteiger partial charge in [-0.2, -0.15) is 0 Å². The van der Waals surface area contributed by atoms with Gasteiger partial charge < -0.3 is 9.64 Å². The maximum absolute atomic E-state index is 12.1. The molecule has 0 aromatic heterocycles. The van der Waals surface area contributed by atoms with Crippen molar-refractivity contribution in [1.29, 1.82) is 0 Å². The second-order valence-corrected chi connectivity index (χ2v) is 7.21. The molecule has 128 valence electrons. The van der Waals surface area contributed by atoms with Crippen molar-refractivity contribution in [2.24, 2.45) is 0 Å². The number of carbonyl (C=O) groups excluding carboxylic acids is 3. The normalized spacial score (nSPS) is 18.3. The summed E-state index contributed by atoms with van der Waals surface area (Å²) in [4.78, 5) is 38.2. The zero-order valence-electron chi connectivity index (χ0n) is 13.7. The number of carbonyl (C=O) groups is 3. The van der Waals surface area contributed by atoms with Crippen LogP contribution in [0.25, 0.3) is 0 Å². The Morgan fingerprint density at radius 1 is 1.25 bits per heavy atom. The predicted molar refractivity (Wildman–Crippen MR) is 91.1 cm³/mol. The summed E-state index contributed by atoms with van der Waals surface area (Å²) < 4.78 is 5.52. The highest BCUT2D eigenvalue weighted by Crippen LogP contribution is 2.26. The highest BCUT2D eigenvalue weighted by atomic mass is 32.2. The smallest absolute Gasteiger partial charge is 0.289 e. The van der Waals surface area contributed by atoms with E-state index < -0.39 is 0 Å². The lowest BCUT2D eigenvalue weighted by atomic mass is 10.0. The van der Waals surface area contributed by atoms with E-state index >= 15 is 0 Å². The van der Waals surface area contributed by atoms with Gasteiger partial charge in [-0.3, -0.25) is 19.3 Å². The van der Waals surface area contributed by atoms with E-state index in [1.807, 2.05) is 24.3 Å². The number of amides is 3. The number of ether oxygens (including phenoxy) is 1. The summed E-state index contributed by atoms with van der Waals surface area (Å²) in [7, 11) is 0. The zero-order valence-corrected chi connectivity index (χ0v) is 14.5. The van der Waals surface area contributed by atoms with E-state index in [1.165, 1.54) is 10.5 Å². The molecule has 1 aromatic rings. The third-order valence-corrected chi connectivity index (χ3v) is 5.11. The number of benzene rings is 1. The molecule has 3 rings (SSSR count).